The van der Waals surface area contributed by atoms with Gasteiger partial charge in [-0.05, 0) is 55.9 Å². The maximum Gasteiger partial charge on any atom is 0.273 e. The molecule has 1 aromatic carbocycles. The van der Waals surface area contributed by atoms with Gasteiger partial charge in [0.05, 0.1) is 0 Å². The topological polar surface area (TPSA) is 42.4 Å². The molecule has 5 heteroatoms. The molecule has 3 rings (SSSR count). The van der Waals surface area contributed by atoms with E-state index in [-0.39, 0.29) is 5.91 Å². The number of thiazole rings is 1. The summed E-state index contributed by atoms with van der Waals surface area (Å²) in [7, 11) is 0. The predicted molar refractivity (Wildman–Crippen MR) is 96.7 cm³/mol. The van der Waals surface area contributed by atoms with E-state index in [0.29, 0.717) is 18.2 Å². The molecule has 24 heavy (non-hydrogen) atoms. The average molecular weight is 344 g/mol. The Bertz CT molecular complexity index is 718. The lowest BCUT2D eigenvalue weighted by molar-refractivity contribution is 0.0691. The zero-order valence-corrected chi connectivity index (χ0v) is 15.4. The highest BCUT2D eigenvalue weighted by Crippen LogP contribution is 2.21. The first-order chi connectivity index (χ1) is 11.5. The summed E-state index contributed by atoms with van der Waals surface area (Å²) in [5.74, 6) is 1.60. The van der Waals surface area contributed by atoms with Crippen LogP contribution in [0.25, 0.3) is 0 Å². The summed E-state index contributed by atoms with van der Waals surface area (Å²) in [4.78, 5) is 18.9. The number of piperidine rings is 1. The van der Waals surface area contributed by atoms with Gasteiger partial charge in [-0.25, -0.2) is 4.98 Å². The Hall–Kier alpha value is -1.88. The number of aryl methyl sites for hydroxylation is 2. The zero-order chi connectivity index (χ0) is 17.1. The summed E-state index contributed by atoms with van der Waals surface area (Å²) in [6.45, 7) is 8.48. The molecule has 2 aromatic rings. The molecule has 0 bridgehead atoms. The van der Waals surface area contributed by atoms with Crippen molar-refractivity contribution in [3.63, 3.8) is 0 Å². The van der Waals surface area contributed by atoms with Gasteiger partial charge in [0.2, 0.25) is 0 Å². The maximum atomic E-state index is 12.5. The Kier molecular flexibility index (Phi) is 5.19. The SMILES string of the molecule is Cc1ccc(OCc2nc(C(=O)N3CCC(C)CC3)cs2)cc1C. The smallest absolute Gasteiger partial charge is 0.273 e. The van der Waals surface area contributed by atoms with Gasteiger partial charge in [0.25, 0.3) is 5.91 Å². The van der Waals surface area contributed by atoms with E-state index in [1.54, 1.807) is 0 Å². The number of carbonyl (C=O) groups excluding carboxylic acids is 1. The highest BCUT2D eigenvalue weighted by atomic mass is 32.1. The number of hydrogen-bond acceptors (Lipinski definition) is 4. The molecule has 128 valence electrons. The fourth-order valence-corrected chi connectivity index (χ4v) is 3.48. The molecule has 0 spiro atoms. The monoisotopic (exact) mass is 344 g/mol. The van der Waals surface area contributed by atoms with Gasteiger partial charge < -0.3 is 9.64 Å². The Labute approximate surface area is 147 Å². The van der Waals surface area contributed by atoms with Gasteiger partial charge in [-0.15, -0.1) is 11.3 Å². The number of carbonyl (C=O) groups is 1. The van der Waals surface area contributed by atoms with E-state index in [9.17, 15) is 4.79 Å². The number of likely N-dealkylation sites (tertiary alicyclic amines) is 1. The minimum absolute atomic E-state index is 0.0515. The molecule has 0 atom stereocenters. The van der Waals surface area contributed by atoms with Crippen LogP contribution in [0.3, 0.4) is 0 Å². The molecular weight excluding hydrogens is 320 g/mol. The number of hydrogen-bond donors (Lipinski definition) is 0. The van der Waals surface area contributed by atoms with E-state index >= 15 is 0 Å². The summed E-state index contributed by atoms with van der Waals surface area (Å²) in [6.07, 6.45) is 2.16. The fraction of sp³-hybridized carbons (Fsp3) is 0.474. The molecule has 1 aliphatic rings. The summed E-state index contributed by atoms with van der Waals surface area (Å²) in [6, 6.07) is 6.06. The van der Waals surface area contributed by atoms with Crippen LogP contribution in [0.4, 0.5) is 0 Å². The van der Waals surface area contributed by atoms with Crippen molar-refractivity contribution in [1.29, 1.82) is 0 Å². The van der Waals surface area contributed by atoms with Gasteiger partial charge in [-0.2, -0.15) is 0 Å². The minimum atomic E-state index is 0.0515. The van der Waals surface area contributed by atoms with E-state index in [4.69, 9.17) is 4.74 Å². The van der Waals surface area contributed by atoms with Crippen LogP contribution in [0.1, 0.15) is 46.4 Å². The van der Waals surface area contributed by atoms with Crippen molar-refractivity contribution >= 4 is 17.2 Å². The van der Waals surface area contributed by atoms with Crippen LogP contribution in [-0.2, 0) is 6.61 Å². The van der Waals surface area contributed by atoms with Crippen molar-refractivity contribution in [3.05, 3.63) is 45.4 Å². The van der Waals surface area contributed by atoms with E-state index in [1.807, 2.05) is 22.4 Å². The number of ether oxygens (including phenoxy) is 1. The van der Waals surface area contributed by atoms with Gasteiger partial charge in [-0.3, -0.25) is 4.79 Å². The second-order valence-corrected chi connectivity index (χ2v) is 7.58. The van der Waals surface area contributed by atoms with Crippen LogP contribution in [0, 0.1) is 19.8 Å². The lowest BCUT2D eigenvalue weighted by Crippen LogP contribution is -2.38. The molecule has 0 unspecified atom stereocenters. The highest BCUT2D eigenvalue weighted by Gasteiger charge is 2.23. The standard InChI is InChI=1S/C19H24N2O2S/c1-13-6-8-21(9-7-13)19(22)17-12-24-18(20-17)11-23-16-5-4-14(2)15(3)10-16/h4-5,10,12-13H,6-9,11H2,1-3H3. The first kappa shape index (κ1) is 17.0. The van der Waals surface area contributed by atoms with Crippen LogP contribution in [0.2, 0.25) is 0 Å². The second kappa shape index (κ2) is 7.34. The average Bonchev–Trinajstić information content (AvgIpc) is 3.05. The summed E-state index contributed by atoms with van der Waals surface area (Å²) in [5, 5.41) is 2.68. The molecular formula is C19H24N2O2S. The summed E-state index contributed by atoms with van der Waals surface area (Å²) in [5.41, 5.74) is 3.01. The molecule has 0 N–H and O–H groups in total. The summed E-state index contributed by atoms with van der Waals surface area (Å²) >= 11 is 1.49. The predicted octanol–water partition coefficient (Wildman–Crippen LogP) is 4.21. The van der Waals surface area contributed by atoms with Crippen LogP contribution in [0.15, 0.2) is 23.6 Å². The number of amides is 1. The zero-order valence-electron chi connectivity index (χ0n) is 14.5. The molecule has 0 aliphatic carbocycles. The molecule has 1 amide bonds. The van der Waals surface area contributed by atoms with Crippen molar-refractivity contribution in [1.82, 2.24) is 9.88 Å². The van der Waals surface area contributed by atoms with Gasteiger partial charge in [0, 0.05) is 18.5 Å². The lowest BCUT2D eigenvalue weighted by Gasteiger charge is -2.29. The van der Waals surface area contributed by atoms with Gasteiger partial charge in [0.1, 0.15) is 23.1 Å². The third-order valence-electron chi connectivity index (χ3n) is 4.68. The van der Waals surface area contributed by atoms with E-state index < -0.39 is 0 Å². The van der Waals surface area contributed by atoms with E-state index in [1.165, 1.54) is 22.5 Å². The third kappa shape index (κ3) is 3.96. The number of nitrogens with zero attached hydrogens (tertiary/aromatic N) is 2. The van der Waals surface area contributed by atoms with Crippen molar-refractivity contribution in [2.24, 2.45) is 5.92 Å². The van der Waals surface area contributed by atoms with Crippen molar-refractivity contribution in [3.8, 4) is 5.75 Å². The highest BCUT2D eigenvalue weighted by molar-refractivity contribution is 7.09. The van der Waals surface area contributed by atoms with Crippen molar-refractivity contribution in [2.45, 2.75) is 40.2 Å². The molecule has 1 fully saturated rings. The van der Waals surface area contributed by atoms with E-state index in [0.717, 1.165) is 36.7 Å². The number of benzene rings is 1. The van der Waals surface area contributed by atoms with Crippen LogP contribution in [0.5, 0.6) is 5.75 Å². The van der Waals surface area contributed by atoms with Gasteiger partial charge in [0.15, 0.2) is 0 Å². The molecule has 4 nitrogen and oxygen atoms in total. The number of rotatable bonds is 4. The second-order valence-electron chi connectivity index (χ2n) is 6.64. The van der Waals surface area contributed by atoms with Crippen LogP contribution >= 0.6 is 11.3 Å². The Morgan fingerprint density at radius 2 is 2.04 bits per heavy atom. The largest absolute Gasteiger partial charge is 0.486 e. The lowest BCUT2D eigenvalue weighted by atomic mass is 9.99. The minimum Gasteiger partial charge on any atom is -0.486 e. The molecule has 1 aliphatic heterocycles. The fourth-order valence-electron chi connectivity index (χ4n) is 2.80. The molecule has 0 saturated carbocycles. The van der Waals surface area contributed by atoms with Gasteiger partial charge >= 0.3 is 0 Å². The van der Waals surface area contributed by atoms with Crippen LogP contribution < -0.4 is 4.74 Å². The molecule has 2 heterocycles. The molecule has 0 radical (unpaired) electrons. The first-order valence-electron chi connectivity index (χ1n) is 8.46. The molecule has 1 saturated heterocycles. The Morgan fingerprint density at radius 1 is 1.29 bits per heavy atom. The normalized spacial score (nSPS) is 15.5. The maximum absolute atomic E-state index is 12.5. The Morgan fingerprint density at radius 3 is 2.75 bits per heavy atom. The summed E-state index contributed by atoms with van der Waals surface area (Å²) < 4.78 is 5.80. The van der Waals surface area contributed by atoms with E-state index in [2.05, 4.69) is 31.8 Å². The number of aromatic nitrogens is 1. The molecule has 1 aromatic heterocycles. The van der Waals surface area contributed by atoms with Crippen LogP contribution in [-0.4, -0.2) is 28.9 Å². The Balaban J connectivity index is 1.58. The van der Waals surface area contributed by atoms with Crippen molar-refractivity contribution < 1.29 is 9.53 Å². The first-order valence-corrected chi connectivity index (χ1v) is 9.34. The third-order valence-corrected chi connectivity index (χ3v) is 5.50. The van der Waals surface area contributed by atoms with Crippen molar-refractivity contribution in [2.75, 3.05) is 13.1 Å². The van der Waals surface area contributed by atoms with Gasteiger partial charge in [-0.1, -0.05) is 13.0 Å². The quantitative estimate of drug-likeness (QED) is 0.834.